The third-order valence-electron chi connectivity index (χ3n) is 3.20. The Kier molecular flexibility index (Phi) is 9.81. The van der Waals surface area contributed by atoms with Crippen LogP contribution in [0.3, 0.4) is 0 Å². The molecule has 4 N–H and O–H groups in total. The van der Waals surface area contributed by atoms with E-state index in [9.17, 15) is 9.59 Å². The lowest BCUT2D eigenvalue weighted by atomic mass is 10.1. The fourth-order valence-corrected chi connectivity index (χ4v) is 2.07. The van der Waals surface area contributed by atoms with Crippen LogP contribution in [0.2, 0.25) is 0 Å². The van der Waals surface area contributed by atoms with Gasteiger partial charge in [0.05, 0.1) is 19.6 Å². The summed E-state index contributed by atoms with van der Waals surface area (Å²) in [5.41, 5.74) is 1.16. The van der Waals surface area contributed by atoms with Gasteiger partial charge in [-0.25, -0.2) is 9.59 Å². The first-order valence-corrected chi connectivity index (χ1v) is 8.32. The molecular weight excluding hydrogens is 340 g/mol. The van der Waals surface area contributed by atoms with Crippen LogP contribution >= 0.6 is 0 Å². The SMILES string of the molecule is C/C(=C/C(=O)OC1=CCC=C(OC(=O)/C=C(/C)NCCO)C1)NCCO. The van der Waals surface area contributed by atoms with Gasteiger partial charge in [0.2, 0.25) is 0 Å². The standard InChI is InChI=1S/C18H26N2O6/c1-13(19-6-8-21)10-17(23)25-15-4-3-5-16(12-15)26-18(24)11-14(2)20-7-9-22/h4-5,10-11,19-22H,3,6-9,12H2,1-2H3/b13-10-,14-11-. The van der Waals surface area contributed by atoms with Crippen LogP contribution in [0.1, 0.15) is 26.7 Å². The highest BCUT2D eigenvalue weighted by Crippen LogP contribution is 2.21. The average molecular weight is 366 g/mol. The first-order chi connectivity index (χ1) is 12.4. The van der Waals surface area contributed by atoms with Crippen LogP contribution in [0.4, 0.5) is 0 Å². The molecule has 0 atom stereocenters. The van der Waals surface area contributed by atoms with Gasteiger partial charge in [-0.05, 0) is 32.4 Å². The van der Waals surface area contributed by atoms with Crippen molar-refractivity contribution in [3.05, 3.63) is 47.2 Å². The van der Waals surface area contributed by atoms with Gasteiger partial charge in [0.1, 0.15) is 11.5 Å². The number of carbonyl (C=O) groups is 2. The van der Waals surface area contributed by atoms with E-state index in [2.05, 4.69) is 10.6 Å². The third kappa shape index (κ3) is 9.05. The van der Waals surface area contributed by atoms with Crippen LogP contribution in [0, 0.1) is 0 Å². The number of esters is 2. The highest BCUT2D eigenvalue weighted by atomic mass is 16.6. The number of ether oxygens (including phenoxy) is 2. The Bertz CT molecular complexity index is 567. The fraction of sp³-hybridized carbons (Fsp3) is 0.444. The number of hydrogen-bond acceptors (Lipinski definition) is 8. The van der Waals surface area contributed by atoms with Crippen LogP contribution in [0.15, 0.2) is 47.2 Å². The maximum Gasteiger partial charge on any atom is 0.337 e. The molecule has 0 aromatic rings. The Morgan fingerprint density at radius 3 is 1.77 bits per heavy atom. The minimum Gasteiger partial charge on any atom is -0.428 e. The molecule has 1 rings (SSSR count). The van der Waals surface area contributed by atoms with Crippen molar-refractivity contribution in [2.45, 2.75) is 26.7 Å². The molecule has 0 radical (unpaired) electrons. The molecule has 1 aliphatic rings. The van der Waals surface area contributed by atoms with Gasteiger partial charge in [0, 0.05) is 36.6 Å². The molecule has 1 aliphatic carbocycles. The molecule has 8 heteroatoms. The summed E-state index contributed by atoms with van der Waals surface area (Å²) in [4.78, 5) is 23.7. The molecule has 8 nitrogen and oxygen atoms in total. The van der Waals surface area contributed by atoms with Crippen LogP contribution in [0.5, 0.6) is 0 Å². The molecule has 0 bridgehead atoms. The smallest absolute Gasteiger partial charge is 0.337 e. The molecule has 26 heavy (non-hydrogen) atoms. The summed E-state index contributed by atoms with van der Waals surface area (Å²) in [6, 6.07) is 0. The number of allylic oxidation sites excluding steroid dienone is 4. The van der Waals surface area contributed by atoms with Gasteiger partial charge in [0.15, 0.2) is 0 Å². The summed E-state index contributed by atoms with van der Waals surface area (Å²) in [5, 5.41) is 23.2. The molecule has 0 saturated carbocycles. The van der Waals surface area contributed by atoms with Crippen molar-refractivity contribution in [1.82, 2.24) is 10.6 Å². The lowest BCUT2D eigenvalue weighted by molar-refractivity contribution is -0.134. The maximum atomic E-state index is 11.9. The van der Waals surface area contributed by atoms with Crippen LogP contribution in [-0.4, -0.2) is 48.5 Å². The Balaban J connectivity index is 2.49. The van der Waals surface area contributed by atoms with Crippen LogP contribution < -0.4 is 10.6 Å². The predicted molar refractivity (Wildman–Crippen MR) is 95.3 cm³/mol. The lowest BCUT2D eigenvalue weighted by Gasteiger charge is -2.14. The quantitative estimate of drug-likeness (QED) is 0.328. The van der Waals surface area contributed by atoms with Crippen molar-refractivity contribution in [2.24, 2.45) is 0 Å². The van der Waals surface area contributed by atoms with E-state index in [1.807, 2.05) is 0 Å². The average Bonchev–Trinajstić information content (AvgIpc) is 2.58. The van der Waals surface area contributed by atoms with E-state index in [4.69, 9.17) is 19.7 Å². The predicted octanol–water partition coefficient (Wildman–Crippen LogP) is 0.606. The van der Waals surface area contributed by atoms with Gasteiger partial charge < -0.3 is 30.3 Å². The van der Waals surface area contributed by atoms with Crippen LogP contribution in [-0.2, 0) is 19.1 Å². The molecule has 0 aromatic heterocycles. The summed E-state index contributed by atoms with van der Waals surface area (Å²) >= 11 is 0. The van der Waals surface area contributed by atoms with Crippen molar-refractivity contribution < 1.29 is 29.3 Å². The number of hydrogen-bond donors (Lipinski definition) is 4. The summed E-state index contributed by atoms with van der Waals surface area (Å²) in [5.74, 6) is -0.275. The summed E-state index contributed by atoms with van der Waals surface area (Å²) in [7, 11) is 0. The highest BCUT2D eigenvalue weighted by Gasteiger charge is 2.15. The van der Waals surface area contributed by atoms with Gasteiger partial charge in [-0.2, -0.15) is 0 Å². The largest absolute Gasteiger partial charge is 0.428 e. The van der Waals surface area contributed by atoms with Gasteiger partial charge >= 0.3 is 11.9 Å². The minimum atomic E-state index is -0.546. The number of carbonyl (C=O) groups excluding carboxylic acids is 2. The van der Waals surface area contributed by atoms with E-state index in [0.29, 0.717) is 42.4 Å². The Labute approximate surface area is 152 Å². The Morgan fingerprint density at radius 2 is 1.38 bits per heavy atom. The highest BCUT2D eigenvalue weighted by molar-refractivity contribution is 5.84. The second-order valence-corrected chi connectivity index (χ2v) is 5.55. The van der Waals surface area contributed by atoms with Crippen molar-refractivity contribution in [1.29, 1.82) is 0 Å². The summed E-state index contributed by atoms with van der Waals surface area (Å²) in [6.07, 6.45) is 6.75. The molecule has 0 spiro atoms. The first kappa shape index (κ1) is 21.5. The summed E-state index contributed by atoms with van der Waals surface area (Å²) in [6.45, 7) is 4.02. The molecule has 0 fully saturated rings. The zero-order valence-electron chi connectivity index (χ0n) is 15.1. The van der Waals surface area contributed by atoms with Crippen molar-refractivity contribution in [2.75, 3.05) is 26.3 Å². The van der Waals surface area contributed by atoms with E-state index in [1.54, 1.807) is 26.0 Å². The zero-order valence-corrected chi connectivity index (χ0v) is 15.1. The second-order valence-electron chi connectivity index (χ2n) is 5.55. The number of nitrogens with one attached hydrogen (secondary N) is 2. The lowest BCUT2D eigenvalue weighted by Crippen LogP contribution is -2.18. The molecule has 0 unspecified atom stereocenters. The van der Waals surface area contributed by atoms with E-state index in [1.165, 1.54) is 12.2 Å². The molecule has 0 aromatic carbocycles. The normalized spacial score (nSPS) is 14.9. The second kappa shape index (κ2) is 11.9. The van der Waals surface area contributed by atoms with E-state index in [0.717, 1.165) is 0 Å². The number of aliphatic hydroxyl groups excluding tert-OH is 2. The van der Waals surface area contributed by atoms with Gasteiger partial charge in [-0.3, -0.25) is 0 Å². The zero-order chi connectivity index (χ0) is 19.4. The molecule has 0 amide bonds. The molecule has 144 valence electrons. The van der Waals surface area contributed by atoms with E-state index in [-0.39, 0.29) is 19.6 Å². The molecular formula is C18H26N2O6. The topological polar surface area (TPSA) is 117 Å². The van der Waals surface area contributed by atoms with Gasteiger partial charge in [0.25, 0.3) is 0 Å². The Morgan fingerprint density at radius 1 is 0.962 bits per heavy atom. The van der Waals surface area contributed by atoms with Crippen LogP contribution in [0.25, 0.3) is 0 Å². The molecule has 0 saturated heterocycles. The number of rotatable bonds is 10. The van der Waals surface area contributed by atoms with Gasteiger partial charge in [-0.1, -0.05) is 0 Å². The maximum absolute atomic E-state index is 11.9. The minimum absolute atomic E-state index is 0.0334. The van der Waals surface area contributed by atoms with Crippen molar-refractivity contribution in [3.8, 4) is 0 Å². The monoisotopic (exact) mass is 366 g/mol. The molecule has 0 aliphatic heterocycles. The molecule has 0 heterocycles. The Hall–Kier alpha value is -2.58. The fourth-order valence-electron chi connectivity index (χ4n) is 2.07. The van der Waals surface area contributed by atoms with Crippen molar-refractivity contribution >= 4 is 11.9 Å². The summed E-state index contributed by atoms with van der Waals surface area (Å²) < 4.78 is 10.5. The number of aliphatic hydroxyl groups is 2. The van der Waals surface area contributed by atoms with E-state index >= 15 is 0 Å². The van der Waals surface area contributed by atoms with Gasteiger partial charge in [-0.15, -0.1) is 0 Å². The van der Waals surface area contributed by atoms with E-state index < -0.39 is 11.9 Å². The van der Waals surface area contributed by atoms with Crippen molar-refractivity contribution in [3.63, 3.8) is 0 Å². The third-order valence-corrected chi connectivity index (χ3v) is 3.20. The first-order valence-electron chi connectivity index (χ1n) is 8.32.